The number of methoxy groups -OCH3 is 1. The number of carbonyl (C=O) groups excluding carboxylic acids is 2. The van der Waals surface area contributed by atoms with E-state index < -0.39 is 0 Å². The average molecular weight is 293 g/mol. The molecule has 0 bridgehead atoms. The Kier molecular flexibility index (Phi) is 7.89. The van der Waals surface area contributed by atoms with Gasteiger partial charge in [-0.2, -0.15) is 0 Å². The highest BCUT2D eigenvalue weighted by Gasteiger charge is 2.06. The van der Waals surface area contributed by atoms with Gasteiger partial charge in [-0.25, -0.2) is 4.79 Å². The van der Waals surface area contributed by atoms with Crippen molar-refractivity contribution in [3.63, 3.8) is 0 Å². The van der Waals surface area contributed by atoms with Crippen molar-refractivity contribution >= 4 is 11.9 Å². The van der Waals surface area contributed by atoms with Crippen molar-refractivity contribution in [2.24, 2.45) is 0 Å². The third-order valence-electron chi connectivity index (χ3n) is 2.84. The fourth-order valence-corrected chi connectivity index (χ4v) is 1.75. The Hall–Kier alpha value is -2.08. The summed E-state index contributed by atoms with van der Waals surface area (Å²) >= 11 is 0. The number of carbonyl (C=O) groups is 2. The Morgan fingerprint density at radius 1 is 1.10 bits per heavy atom. The third-order valence-corrected chi connectivity index (χ3v) is 2.84. The molecule has 21 heavy (non-hydrogen) atoms. The monoisotopic (exact) mass is 293 g/mol. The van der Waals surface area contributed by atoms with E-state index in [9.17, 15) is 9.59 Å². The molecule has 0 spiro atoms. The summed E-state index contributed by atoms with van der Waals surface area (Å²) in [5, 5.41) is 7.93. The zero-order valence-corrected chi connectivity index (χ0v) is 12.6. The van der Waals surface area contributed by atoms with Crippen LogP contribution in [0.25, 0.3) is 0 Å². The summed E-state index contributed by atoms with van der Waals surface area (Å²) in [5.74, 6) is -0.188. The van der Waals surface area contributed by atoms with Crippen LogP contribution in [0, 0.1) is 0 Å². The van der Waals surface area contributed by atoms with Crippen molar-refractivity contribution in [1.29, 1.82) is 0 Å². The Bertz CT molecular complexity index is 463. The maximum absolute atomic E-state index is 11.6. The topological polar surface area (TPSA) is 79.5 Å². The van der Waals surface area contributed by atoms with Crippen LogP contribution in [0.15, 0.2) is 24.3 Å². The van der Waals surface area contributed by atoms with Gasteiger partial charge in [0.15, 0.2) is 0 Å². The minimum Gasteiger partial charge on any atom is -0.380 e. The molecule has 1 aromatic carbocycles. The number of hydrogen-bond acceptors (Lipinski definition) is 3. The standard InChI is InChI=1S/C15H23N3O3/c1-3-8-16-14(19)10-18-15(20)17-9-12-6-4-5-7-13(12)11-21-2/h4-7H,3,8-11H2,1-2H3,(H,16,19)(H2,17,18,20). The van der Waals surface area contributed by atoms with Gasteiger partial charge in [0.05, 0.1) is 13.2 Å². The van der Waals surface area contributed by atoms with E-state index in [0.29, 0.717) is 19.7 Å². The van der Waals surface area contributed by atoms with Crippen LogP contribution in [0.1, 0.15) is 24.5 Å². The van der Waals surface area contributed by atoms with Gasteiger partial charge in [-0.05, 0) is 17.5 Å². The van der Waals surface area contributed by atoms with Crippen LogP contribution in [0.3, 0.4) is 0 Å². The maximum Gasteiger partial charge on any atom is 0.315 e. The van der Waals surface area contributed by atoms with Crippen molar-refractivity contribution in [3.05, 3.63) is 35.4 Å². The number of ether oxygens (including phenoxy) is 1. The van der Waals surface area contributed by atoms with Crippen molar-refractivity contribution in [2.75, 3.05) is 20.2 Å². The molecule has 0 radical (unpaired) electrons. The van der Waals surface area contributed by atoms with Crippen LogP contribution in [0.4, 0.5) is 4.79 Å². The third kappa shape index (κ3) is 6.76. The minimum atomic E-state index is -0.367. The number of hydrogen-bond donors (Lipinski definition) is 3. The summed E-state index contributed by atoms with van der Waals surface area (Å²) in [6.07, 6.45) is 0.869. The molecule has 6 nitrogen and oxygen atoms in total. The van der Waals surface area contributed by atoms with Gasteiger partial charge in [0.1, 0.15) is 0 Å². The normalized spacial score (nSPS) is 10.0. The second-order valence-electron chi connectivity index (χ2n) is 4.59. The molecule has 1 aromatic rings. The summed E-state index contributed by atoms with van der Waals surface area (Å²) in [4.78, 5) is 23.0. The van der Waals surface area contributed by atoms with Crippen LogP contribution < -0.4 is 16.0 Å². The Morgan fingerprint density at radius 2 is 1.81 bits per heavy atom. The van der Waals surface area contributed by atoms with Crippen LogP contribution >= 0.6 is 0 Å². The van der Waals surface area contributed by atoms with E-state index in [2.05, 4.69) is 16.0 Å². The molecule has 0 heterocycles. The fraction of sp³-hybridized carbons (Fsp3) is 0.467. The van der Waals surface area contributed by atoms with E-state index in [4.69, 9.17) is 4.74 Å². The van der Waals surface area contributed by atoms with Crippen molar-refractivity contribution in [3.8, 4) is 0 Å². The Morgan fingerprint density at radius 3 is 2.48 bits per heavy atom. The molecule has 0 aliphatic carbocycles. The number of urea groups is 1. The van der Waals surface area contributed by atoms with Crippen LogP contribution in [-0.2, 0) is 22.7 Å². The van der Waals surface area contributed by atoms with Gasteiger partial charge in [-0.15, -0.1) is 0 Å². The van der Waals surface area contributed by atoms with Gasteiger partial charge >= 0.3 is 6.03 Å². The van der Waals surface area contributed by atoms with E-state index in [1.165, 1.54) is 0 Å². The van der Waals surface area contributed by atoms with Gasteiger partial charge in [-0.3, -0.25) is 4.79 Å². The molecule has 0 fully saturated rings. The second kappa shape index (κ2) is 9.77. The van der Waals surface area contributed by atoms with Gasteiger partial charge in [-0.1, -0.05) is 31.2 Å². The summed E-state index contributed by atoms with van der Waals surface area (Å²) < 4.78 is 5.11. The number of rotatable bonds is 8. The van der Waals surface area contributed by atoms with E-state index in [1.807, 2.05) is 31.2 Å². The maximum atomic E-state index is 11.6. The lowest BCUT2D eigenvalue weighted by atomic mass is 10.1. The van der Waals surface area contributed by atoms with Crippen molar-refractivity contribution in [1.82, 2.24) is 16.0 Å². The summed E-state index contributed by atoms with van der Waals surface area (Å²) in [6, 6.07) is 7.36. The lowest BCUT2D eigenvalue weighted by Gasteiger charge is -2.11. The lowest BCUT2D eigenvalue weighted by molar-refractivity contribution is -0.120. The van der Waals surface area contributed by atoms with E-state index >= 15 is 0 Å². The summed E-state index contributed by atoms with van der Waals surface area (Å²) in [7, 11) is 1.63. The summed E-state index contributed by atoms with van der Waals surface area (Å²) in [6.45, 7) is 3.46. The SMILES string of the molecule is CCCNC(=O)CNC(=O)NCc1ccccc1COC. The number of amides is 3. The zero-order valence-electron chi connectivity index (χ0n) is 12.6. The van der Waals surface area contributed by atoms with E-state index in [-0.39, 0.29) is 18.5 Å². The van der Waals surface area contributed by atoms with Crippen LogP contribution in [-0.4, -0.2) is 32.1 Å². The molecule has 0 aliphatic rings. The predicted molar refractivity (Wildman–Crippen MR) is 80.7 cm³/mol. The Labute approximate surface area is 125 Å². The van der Waals surface area contributed by atoms with Crippen LogP contribution in [0.2, 0.25) is 0 Å². The molecule has 1 rings (SSSR count). The molecule has 0 saturated heterocycles. The molecule has 0 aliphatic heterocycles. The molecule has 0 atom stereocenters. The first-order chi connectivity index (χ1) is 10.2. The van der Waals surface area contributed by atoms with Gasteiger partial charge in [0.25, 0.3) is 0 Å². The van der Waals surface area contributed by atoms with Crippen LogP contribution in [0.5, 0.6) is 0 Å². The van der Waals surface area contributed by atoms with Crippen molar-refractivity contribution < 1.29 is 14.3 Å². The molecule has 6 heteroatoms. The molecule has 3 amide bonds. The Balaban J connectivity index is 2.34. The highest BCUT2D eigenvalue weighted by Crippen LogP contribution is 2.09. The smallest absolute Gasteiger partial charge is 0.315 e. The molecule has 3 N–H and O–H groups in total. The van der Waals surface area contributed by atoms with E-state index in [1.54, 1.807) is 7.11 Å². The van der Waals surface area contributed by atoms with Crippen molar-refractivity contribution in [2.45, 2.75) is 26.5 Å². The van der Waals surface area contributed by atoms with Gasteiger partial charge in [0.2, 0.25) is 5.91 Å². The van der Waals surface area contributed by atoms with Gasteiger partial charge in [0, 0.05) is 20.2 Å². The molecule has 0 unspecified atom stereocenters. The minimum absolute atomic E-state index is 0.0223. The number of nitrogens with one attached hydrogen (secondary N) is 3. The first kappa shape index (κ1) is 17.0. The highest BCUT2D eigenvalue weighted by atomic mass is 16.5. The first-order valence-corrected chi connectivity index (χ1v) is 7.01. The van der Waals surface area contributed by atoms with E-state index in [0.717, 1.165) is 17.5 Å². The quantitative estimate of drug-likeness (QED) is 0.673. The largest absolute Gasteiger partial charge is 0.380 e. The average Bonchev–Trinajstić information content (AvgIpc) is 2.50. The highest BCUT2D eigenvalue weighted by molar-refractivity contribution is 5.83. The van der Waals surface area contributed by atoms with Gasteiger partial charge < -0.3 is 20.7 Å². The fourth-order valence-electron chi connectivity index (χ4n) is 1.75. The molecule has 0 aromatic heterocycles. The predicted octanol–water partition coefficient (Wildman–Crippen LogP) is 1.16. The second-order valence-corrected chi connectivity index (χ2v) is 4.59. The number of benzene rings is 1. The summed E-state index contributed by atoms with van der Waals surface area (Å²) in [5.41, 5.74) is 2.02. The first-order valence-electron chi connectivity index (χ1n) is 7.01. The molecular formula is C15H23N3O3. The zero-order chi connectivity index (χ0) is 15.5. The molecule has 116 valence electrons. The molecular weight excluding hydrogens is 270 g/mol. The molecule has 0 saturated carbocycles. The lowest BCUT2D eigenvalue weighted by Crippen LogP contribution is -2.42.